The molecule has 0 aliphatic carbocycles. The first-order valence-corrected chi connectivity index (χ1v) is 9.15. The lowest BCUT2D eigenvalue weighted by Gasteiger charge is -2.25. The minimum absolute atomic E-state index is 0.0577. The topological polar surface area (TPSA) is 83.5 Å². The fourth-order valence-corrected chi connectivity index (χ4v) is 4.60. The highest BCUT2D eigenvalue weighted by molar-refractivity contribution is 7.99. The molecule has 0 radical (unpaired) electrons. The van der Waals surface area contributed by atoms with Crippen LogP contribution in [0.5, 0.6) is 0 Å². The Balaban J connectivity index is 2.07. The zero-order valence-corrected chi connectivity index (χ0v) is 12.8. The van der Waals surface area contributed by atoms with Gasteiger partial charge in [0.1, 0.15) is 5.82 Å². The van der Waals surface area contributed by atoms with Crippen molar-refractivity contribution in [2.75, 3.05) is 11.5 Å². The van der Waals surface area contributed by atoms with Crippen molar-refractivity contribution in [2.24, 2.45) is 0 Å². The van der Waals surface area contributed by atoms with Crippen LogP contribution in [0.15, 0.2) is 23.1 Å². The van der Waals surface area contributed by atoms with Crippen LogP contribution in [0.1, 0.15) is 30.9 Å². The lowest BCUT2D eigenvalue weighted by Crippen LogP contribution is -2.32. The van der Waals surface area contributed by atoms with Crippen molar-refractivity contribution < 1.29 is 22.7 Å². The van der Waals surface area contributed by atoms with E-state index in [1.807, 2.05) is 0 Å². The summed E-state index contributed by atoms with van der Waals surface area (Å²) in [5.74, 6) is -0.910. The molecule has 0 bridgehead atoms. The fraction of sp³-hybridized carbons (Fsp3) is 0.462. The summed E-state index contributed by atoms with van der Waals surface area (Å²) in [6, 6.07) is 3.91. The monoisotopic (exact) mass is 333 g/mol. The van der Waals surface area contributed by atoms with E-state index in [4.69, 9.17) is 5.11 Å². The summed E-state index contributed by atoms with van der Waals surface area (Å²) in [4.78, 5) is 11.3. The molecule has 2 N–H and O–H groups in total. The molecule has 0 aromatic heterocycles. The van der Waals surface area contributed by atoms with Crippen LogP contribution in [0.25, 0.3) is 0 Å². The van der Waals surface area contributed by atoms with Crippen LogP contribution in [0.3, 0.4) is 0 Å². The van der Waals surface area contributed by atoms with E-state index < -0.39 is 27.9 Å². The molecule has 2 rings (SSSR count). The largest absolute Gasteiger partial charge is 0.481 e. The van der Waals surface area contributed by atoms with E-state index in [-0.39, 0.29) is 18.6 Å². The van der Waals surface area contributed by atoms with Gasteiger partial charge in [0.25, 0.3) is 0 Å². The molecule has 116 valence electrons. The maximum atomic E-state index is 13.3. The average Bonchev–Trinajstić information content (AvgIpc) is 2.38. The van der Waals surface area contributed by atoms with Crippen molar-refractivity contribution in [1.29, 1.82) is 0 Å². The van der Waals surface area contributed by atoms with Gasteiger partial charge in [-0.15, -0.1) is 11.8 Å². The first-order valence-electron chi connectivity index (χ1n) is 6.51. The quantitative estimate of drug-likeness (QED) is 0.833. The number of halogens is 1. The predicted octanol–water partition coefficient (Wildman–Crippen LogP) is 2.15. The molecule has 0 amide bonds. The summed E-state index contributed by atoms with van der Waals surface area (Å²) in [5.41, 5.74) is 0.646. The third-order valence-corrected chi connectivity index (χ3v) is 5.73. The molecule has 1 heterocycles. The molecule has 21 heavy (non-hydrogen) atoms. The molecule has 1 aromatic rings. The number of sulfonamides is 1. The van der Waals surface area contributed by atoms with Gasteiger partial charge in [-0.1, -0.05) is 0 Å². The van der Waals surface area contributed by atoms with Crippen LogP contribution in [0, 0.1) is 5.82 Å². The smallest absolute Gasteiger partial charge is 0.303 e. The Morgan fingerprint density at radius 3 is 2.95 bits per heavy atom. The van der Waals surface area contributed by atoms with Gasteiger partial charge in [-0.25, -0.2) is 17.5 Å². The van der Waals surface area contributed by atoms with Crippen LogP contribution in [-0.4, -0.2) is 31.0 Å². The Morgan fingerprint density at radius 2 is 2.24 bits per heavy atom. The number of fused-ring (bicyclic) bond motifs is 1. The minimum Gasteiger partial charge on any atom is -0.481 e. The van der Waals surface area contributed by atoms with Crippen LogP contribution < -0.4 is 4.72 Å². The van der Waals surface area contributed by atoms with E-state index in [1.165, 1.54) is 12.1 Å². The van der Waals surface area contributed by atoms with Crippen LogP contribution >= 0.6 is 11.8 Å². The van der Waals surface area contributed by atoms with Crippen LogP contribution in [0.4, 0.5) is 4.39 Å². The van der Waals surface area contributed by atoms with Gasteiger partial charge in [-0.3, -0.25) is 4.79 Å². The Hall–Kier alpha value is -1.12. The second-order valence-electron chi connectivity index (χ2n) is 4.81. The van der Waals surface area contributed by atoms with Gasteiger partial charge in [0.2, 0.25) is 10.0 Å². The highest BCUT2D eigenvalue weighted by atomic mass is 32.2. The number of aliphatic carboxylic acids is 1. The molecule has 1 atom stereocenters. The summed E-state index contributed by atoms with van der Waals surface area (Å²) >= 11 is 1.57. The molecule has 0 spiro atoms. The van der Waals surface area contributed by atoms with E-state index in [0.29, 0.717) is 12.0 Å². The van der Waals surface area contributed by atoms with Crippen molar-refractivity contribution in [2.45, 2.75) is 30.2 Å². The molecular weight excluding hydrogens is 317 g/mol. The molecule has 1 aliphatic heterocycles. The maximum Gasteiger partial charge on any atom is 0.303 e. The van der Waals surface area contributed by atoms with Crippen LogP contribution in [0.2, 0.25) is 0 Å². The second kappa shape index (κ2) is 6.76. The molecule has 0 saturated carbocycles. The number of hydrogen-bond donors (Lipinski definition) is 2. The number of carbonyl (C=O) groups is 1. The fourth-order valence-electron chi connectivity index (χ4n) is 2.18. The van der Waals surface area contributed by atoms with E-state index in [2.05, 4.69) is 4.72 Å². The Labute approximate surface area is 127 Å². The highest BCUT2D eigenvalue weighted by Gasteiger charge is 2.25. The number of carboxylic acid groups (broad SMARTS) is 1. The average molecular weight is 333 g/mol. The summed E-state index contributed by atoms with van der Waals surface area (Å²) in [6.45, 7) is 0. The van der Waals surface area contributed by atoms with Crippen molar-refractivity contribution >= 4 is 27.8 Å². The van der Waals surface area contributed by atoms with Crippen LogP contribution in [-0.2, 0) is 14.8 Å². The van der Waals surface area contributed by atoms with E-state index >= 15 is 0 Å². The number of benzene rings is 1. The van der Waals surface area contributed by atoms with Gasteiger partial charge < -0.3 is 5.11 Å². The molecular formula is C13H16FNO4S2. The lowest BCUT2D eigenvalue weighted by atomic mass is 10.0. The van der Waals surface area contributed by atoms with Gasteiger partial charge in [-0.2, -0.15) is 0 Å². The Bertz CT molecular complexity index is 633. The van der Waals surface area contributed by atoms with Crippen molar-refractivity contribution in [3.05, 3.63) is 29.6 Å². The molecule has 0 fully saturated rings. The summed E-state index contributed by atoms with van der Waals surface area (Å²) in [7, 11) is -3.58. The molecule has 1 unspecified atom stereocenters. The molecule has 0 saturated heterocycles. The molecule has 1 aliphatic rings. The maximum absolute atomic E-state index is 13.3. The number of thioether (sulfide) groups is 1. The second-order valence-corrected chi connectivity index (χ2v) is 7.82. The number of nitrogens with one attached hydrogen (secondary N) is 1. The van der Waals surface area contributed by atoms with Gasteiger partial charge >= 0.3 is 5.97 Å². The van der Waals surface area contributed by atoms with Gasteiger partial charge in [0.15, 0.2) is 0 Å². The van der Waals surface area contributed by atoms with E-state index in [9.17, 15) is 17.6 Å². The van der Waals surface area contributed by atoms with Gasteiger partial charge in [-0.05, 0) is 42.4 Å². The van der Waals surface area contributed by atoms with E-state index in [0.717, 1.165) is 10.6 Å². The number of hydrogen-bond acceptors (Lipinski definition) is 4. The zero-order valence-electron chi connectivity index (χ0n) is 11.2. The Kier molecular flexibility index (Phi) is 5.23. The standard InChI is InChI=1S/C13H16FNO4S2/c14-9-3-4-12-10(8-9)11(5-6-20-12)15-21(18,19)7-1-2-13(16)17/h3-4,8,11,15H,1-2,5-7H2,(H,16,17). The highest BCUT2D eigenvalue weighted by Crippen LogP contribution is 2.36. The molecule has 1 aromatic carbocycles. The van der Waals surface area contributed by atoms with Gasteiger partial charge in [0, 0.05) is 17.4 Å². The third-order valence-electron chi connectivity index (χ3n) is 3.14. The summed E-state index contributed by atoms with van der Waals surface area (Å²) in [5, 5.41) is 8.53. The minimum atomic E-state index is -3.58. The summed E-state index contributed by atoms with van der Waals surface area (Å²) in [6.07, 6.45) is 0.452. The van der Waals surface area contributed by atoms with Crippen molar-refractivity contribution in [3.63, 3.8) is 0 Å². The molecule has 8 heteroatoms. The third kappa shape index (κ3) is 4.69. The molecule has 5 nitrogen and oxygen atoms in total. The number of rotatable bonds is 6. The lowest BCUT2D eigenvalue weighted by molar-refractivity contribution is -0.137. The van der Waals surface area contributed by atoms with Gasteiger partial charge in [0.05, 0.1) is 5.75 Å². The van der Waals surface area contributed by atoms with Crippen molar-refractivity contribution in [3.8, 4) is 0 Å². The first-order chi connectivity index (χ1) is 9.87. The Morgan fingerprint density at radius 1 is 1.48 bits per heavy atom. The SMILES string of the molecule is O=C(O)CCCS(=O)(=O)NC1CCSc2ccc(F)cc21. The van der Waals surface area contributed by atoms with Crippen molar-refractivity contribution in [1.82, 2.24) is 4.72 Å². The number of carboxylic acids is 1. The summed E-state index contributed by atoms with van der Waals surface area (Å²) < 4.78 is 39.8. The normalized spacial score (nSPS) is 18.2. The predicted molar refractivity (Wildman–Crippen MR) is 78.3 cm³/mol. The van der Waals surface area contributed by atoms with E-state index in [1.54, 1.807) is 17.8 Å². The zero-order chi connectivity index (χ0) is 15.5. The first kappa shape index (κ1) is 16.3.